The first-order valence-electron chi connectivity index (χ1n) is 7.00. The number of likely N-dealkylation sites (N-methyl/N-ethyl adjacent to an activating group) is 1. The molecule has 1 aromatic rings. The van der Waals surface area contributed by atoms with E-state index in [1.165, 1.54) is 0 Å². The molecule has 1 aliphatic heterocycles. The highest BCUT2D eigenvalue weighted by Crippen LogP contribution is 2.19. The topological polar surface area (TPSA) is 50.8 Å². The van der Waals surface area contributed by atoms with Gasteiger partial charge in [-0.3, -0.25) is 4.79 Å². The third-order valence-corrected chi connectivity index (χ3v) is 3.26. The van der Waals surface area contributed by atoms with Crippen LogP contribution >= 0.6 is 0 Å². The second kappa shape index (κ2) is 7.26. The average Bonchev–Trinajstić information content (AvgIpc) is 2.49. The number of ether oxygens (including phenoxy) is 2. The number of amides is 1. The van der Waals surface area contributed by atoms with E-state index < -0.39 is 0 Å². The number of carbonyl (C=O) groups excluding carboxylic acids is 1. The van der Waals surface area contributed by atoms with E-state index in [0.717, 1.165) is 17.9 Å². The summed E-state index contributed by atoms with van der Waals surface area (Å²) < 4.78 is 11.1. The number of hydrogen-bond acceptors (Lipinski definition) is 4. The molecule has 1 heterocycles. The molecular weight excluding hydrogens is 256 g/mol. The molecule has 110 valence electrons. The maximum atomic E-state index is 12.3. The van der Waals surface area contributed by atoms with E-state index in [9.17, 15) is 4.79 Å². The zero-order valence-electron chi connectivity index (χ0n) is 12.1. The molecule has 0 aromatic heterocycles. The van der Waals surface area contributed by atoms with E-state index in [2.05, 4.69) is 5.32 Å². The Kier molecular flexibility index (Phi) is 5.38. The van der Waals surface area contributed by atoms with Crippen molar-refractivity contribution in [2.75, 3.05) is 33.4 Å². The molecule has 5 heteroatoms. The highest BCUT2D eigenvalue weighted by Gasteiger charge is 2.25. The molecule has 1 atom stereocenters. The maximum Gasteiger partial charge on any atom is 0.253 e. The van der Waals surface area contributed by atoms with Crippen LogP contribution in [0.4, 0.5) is 0 Å². The van der Waals surface area contributed by atoms with Gasteiger partial charge in [-0.2, -0.15) is 0 Å². The van der Waals surface area contributed by atoms with Crippen LogP contribution in [0.25, 0.3) is 0 Å². The first-order valence-corrected chi connectivity index (χ1v) is 7.00. The van der Waals surface area contributed by atoms with Gasteiger partial charge in [0.05, 0.1) is 13.2 Å². The van der Waals surface area contributed by atoms with Crippen LogP contribution in [0.5, 0.6) is 5.75 Å². The highest BCUT2D eigenvalue weighted by atomic mass is 16.5. The zero-order chi connectivity index (χ0) is 14.4. The van der Waals surface area contributed by atoms with E-state index in [1.54, 1.807) is 11.9 Å². The van der Waals surface area contributed by atoms with Crippen molar-refractivity contribution in [3.05, 3.63) is 29.8 Å². The summed E-state index contributed by atoms with van der Waals surface area (Å²) in [4.78, 5) is 14.0. The largest absolute Gasteiger partial charge is 0.494 e. The lowest BCUT2D eigenvalue weighted by molar-refractivity contribution is -0.144. The molecule has 1 aromatic carbocycles. The predicted molar refractivity (Wildman–Crippen MR) is 76.7 cm³/mol. The lowest BCUT2D eigenvalue weighted by Crippen LogP contribution is -2.48. The Balaban J connectivity index is 1.99. The van der Waals surface area contributed by atoms with Crippen molar-refractivity contribution in [1.29, 1.82) is 0 Å². The van der Waals surface area contributed by atoms with Gasteiger partial charge in [-0.1, -0.05) is 18.2 Å². The van der Waals surface area contributed by atoms with Crippen molar-refractivity contribution >= 4 is 5.91 Å². The summed E-state index contributed by atoms with van der Waals surface area (Å²) in [6.45, 7) is 5.06. The van der Waals surface area contributed by atoms with Crippen LogP contribution in [0.2, 0.25) is 0 Å². The highest BCUT2D eigenvalue weighted by molar-refractivity contribution is 5.81. The van der Waals surface area contributed by atoms with Crippen molar-refractivity contribution in [3.8, 4) is 5.75 Å². The van der Waals surface area contributed by atoms with Gasteiger partial charge in [0.1, 0.15) is 11.9 Å². The number of morpholine rings is 1. The molecular formula is C15H22N2O3. The number of para-hydroxylation sites is 1. The Labute approximate surface area is 119 Å². The average molecular weight is 278 g/mol. The van der Waals surface area contributed by atoms with Gasteiger partial charge in [0.25, 0.3) is 5.91 Å². The van der Waals surface area contributed by atoms with Crippen molar-refractivity contribution in [2.24, 2.45) is 0 Å². The normalized spacial score (nSPS) is 18.6. The van der Waals surface area contributed by atoms with Crippen LogP contribution in [0.3, 0.4) is 0 Å². The van der Waals surface area contributed by atoms with Gasteiger partial charge < -0.3 is 19.7 Å². The second-order valence-electron chi connectivity index (χ2n) is 4.80. The fourth-order valence-electron chi connectivity index (χ4n) is 2.23. The van der Waals surface area contributed by atoms with E-state index >= 15 is 0 Å². The molecule has 1 unspecified atom stereocenters. The molecule has 2 rings (SSSR count). The Morgan fingerprint density at radius 2 is 2.30 bits per heavy atom. The molecule has 1 fully saturated rings. The summed E-state index contributed by atoms with van der Waals surface area (Å²) in [6, 6.07) is 7.80. The van der Waals surface area contributed by atoms with Gasteiger partial charge in [0.15, 0.2) is 0 Å². The van der Waals surface area contributed by atoms with Gasteiger partial charge in [0.2, 0.25) is 0 Å². The monoisotopic (exact) mass is 278 g/mol. The van der Waals surface area contributed by atoms with E-state index in [4.69, 9.17) is 9.47 Å². The summed E-state index contributed by atoms with van der Waals surface area (Å²) in [6.07, 6.45) is -0.381. The number of benzene rings is 1. The SMILES string of the molecule is CCOc1ccccc1CN(C)C(=O)C1CNCCO1. The minimum Gasteiger partial charge on any atom is -0.494 e. The van der Waals surface area contributed by atoms with Crippen LogP contribution in [0, 0.1) is 0 Å². The quantitative estimate of drug-likeness (QED) is 0.874. The number of carbonyl (C=O) groups is 1. The first kappa shape index (κ1) is 14.8. The molecule has 0 saturated carbocycles. The van der Waals surface area contributed by atoms with Crippen LogP contribution in [0.15, 0.2) is 24.3 Å². The standard InChI is InChI=1S/C15H22N2O3/c1-3-19-13-7-5-4-6-12(13)11-17(2)15(18)14-10-16-8-9-20-14/h4-7,14,16H,3,8-11H2,1-2H3. The fraction of sp³-hybridized carbons (Fsp3) is 0.533. The predicted octanol–water partition coefficient (Wildman–Crippen LogP) is 1.03. The number of rotatable bonds is 5. The summed E-state index contributed by atoms with van der Waals surface area (Å²) in [5.41, 5.74) is 1.01. The molecule has 0 bridgehead atoms. The van der Waals surface area contributed by atoms with Crippen molar-refractivity contribution in [1.82, 2.24) is 10.2 Å². The molecule has 0 radical (unpaired) electrons. The third kappa shape index (κ3) is 3.71. The molecule has 1 aliphatic rings. The Hall–Kier alpha value is -1.59. The van der Waals surface area contributed by atoms with Crippen molar-refractivity contribution in [2.45, 2.75) is 19.6 Å². The van der Waals surface area contributed by atoms with Gasteiger partial charge in [-0.05, 0) is 13.0 Å². The fourth-order valence-corrected chi connectivity index (χ4v) is 2.23. The van der Waals surface area contributed by atoms with Crippen molar-refractivity contribution in [3.63, 3.8) is 0 Å². The minimum atomic E-state index is -0.381. The van der Waals surface area contributed by atoms with Gasteiger partial charge in [-0.25, -0.2) is 0 Å². The van der Waals surface area contributed by atoms with Gasteiger partial charge in [0, 0.05) is 32.2 Å². The molecule has 20 heavy (non-hydrogen) atoms. The van der Waals surface area contributed by atoms with E-state index in [1.807, 2.05) is 31.2 Å². The maximum absolute atomic E-state index is 12.3. The number of nitrogens with zero attached hydrogens (tertiary/aromatic N) is 1. The smallest absolute Gasteiger partial charge is 0.253 e. The van der Waals surface area contributed by atoms with Crippen LogP contribution < -0.4 is 10.1 Å². The molecule has 0 spiro atoms. The summed E-state index contributed by atoms with van der Waals surface area (Å²) >= 11 is 0. The Morgan fingerprint density at radius 3 is 3.00 bits per heavy atom. The zero-order valence-corrected chi connectivity index (χ0v) is 12.1. The number of hydrogen-bond donors (Lipinski definition) is 1. The second-order valence-corrected chi connectivity index (χ2v) is 4.80. The van der Waals surface area contributed by atoms with Gasteiger partial charge >= 0.3 is 0 Å². The lowest BCUT2D eigenvalue weighted by Gasteiger charge is -2.27. The molecule has 1 saturated heterocycles. The summed E-state index contributed by atoms with van der Waals surface area (Å²) in [7, 11) is 1.79. The van der Waals surface area contributed by atoms with Crippen LogP contribution in [0.1, 0.15) is 12.5 Å². The van der Waals surface area contributed by atoms with E-state index in [0.29, 0.717) is 26.3 Å². The summed E-state index contributed by atoms with van der Waals surface area (Å²) in [5.74, 6) is 0.834. The number of nitrogens with one attached hydrogen (secondary N) is 1. The first-order chi connectivity index (χ1) is 9.72. The molecule has 0 aliphatic carbocycles. The lowest BCUT2D eigenvalue weighted by atomic mass is 10.1. The molecule has 5 nitrogen and oxygen atoms in total. The molecule has 1 amide bonds. The van der Waals surface area contributed by atoms with Gasteiger partial charge in [-0.15, -0.1) is 0 Å². The van der Waals surface area contributed by atoms with E-state index in [-0.39, 0.29) is 12.0 Å². The van der Waals surface area contributed by atoms with Crippen LogP contribution in [-0.2, 0) is 16.1 Å². The Bertz CT molecular complexity index is 444. The Morgan fingerprint density at radius 1 is 1.50 bits per heavy atom. The third-order valence-electron chi connectivity index (χ3n) is 3.26. The minimum absolute atomic E-state index is 0.00324. The molecule has 1 N–H and O–H groups in total. The summed E-state index contributed by atoms with van der Waals surface area (Å²) in [5, 5.41) is 3.17. The van der Waals surface area contributed by atoms with Crippen molar-refractivity contribution < 1.29 is 14.3 Å². The van der Waals surface area contributed by atoms with Crippen LogP contribution in [-0.4, -0.2) is 50.3 Å².